The van der Waals surface area contributed by atoms with E-state index >= 15 is 0 Å². The summed E-state index contributed by atoms with van der Waals surface area (Å²) in [7, 11) is -3.72. The van der Waals surface area contributed by atoms with Gasteiger partial charge in [0.05, 0.1) is 11.9 Å². The number of ether oxygens (including phenoxy) is 1. The first kappa shape index (κ1) is 16.8. The Bertz CT molecular complexity index is 772. The molecule has 0 heterocycles. The Hall–Kier alpha value is -2.54. The van der Waals surface area contributed by atoms with E-state index in [0.717, 1.165) is 10.6 Å². The lowest BCUT2D eigenvalue weighted by Gasteiger charge is -2.26. The van der Waals surface area contributed by atoms with E-state index < -0.39 is 22.0 Å². The quantitative estimate of drug-likeness (QED) is 0.877. The molecule has 1 N–H and O–H groups in total. The van der Waals surface area contributed by atoms with Crippen molar-refractivity contribution in [3.05, 3.63) is 54.6 Å². The maximum Gasteiger partial charge on any atom is 0.327 e. The standard InChI is InChI=1S/C16H17NO5S/c1-12(16(18)19)17(23(2,20)21)13-8-10-15(11-9-13)22-14-6-4-3-5-7-14/h3-12H,1-2H3,(H,18,19). The summed E-state index contributed by atoms with van der Waals surface area (Å²) in [5.41, 5.74) is 0.266. The molecular formula is C16H17NO5S. The molecule has 0 spiro atoms. The molecule has 0 radical (unpaired) electrons. The molecule has 2 aromatic rings. The normalized spacial score (nSPS) is 12.4. The molecule has 2 aromatic carbocycles. The summed E-state index contributed by atoms with van der Waals surface area (Å²) in [4.78, 5) is 11.1. The number of hydrogen-bond acceptors (Lipinski definition) is 4. The minimum Gasteiger partial charge on any atom is -0.480 e. The van der Waals surface area contributed by atoms with Gasteiger partial charge in [-0.3, -0.25) is 4.31 Å². The van der Waals surface area contributed by atoms with Crippen LogP contribution in [-0.4, -0.2) is 31.8 Å². The van der Waals surface area contributed by atoms with Gasteiger partial charge in [-0.1, -0.05) is 18.2 Å². The summed E-state index contributed by atoms with van der Waals surface area (Å²) in [6.45, 7) is 1.32. The summed E-state index contributed by atoms with van der Waals surface area (Å²) in [6, 6.07) is 14.1. The number of benzene rings is 2. The molecule has 7 heteroatoms. The van der Waals surface area contributed by atoms with Crippen molar-refractivity contribution in [2.45, 2.75) is 13.0 Å². The van der Waals surface area contributed by atoms with Crippen molar-refractivity contribution in [3.8, 4) is 11.5 Å². The first-order valence-corrected chi connectivity index (χ1v) is 8.69. The van der Waals surface area contributed by atoms with Crippen LogP contribution >= 0.6 is 0 Å². The lowest BCUT2D eigenvalue weighted by molar-refractivity contribution is -0.137. The van der Waals surface area contributed by atoms with Crippen molar-refractivity contribution in [2.24, 2.45) is 0 Å². The van der Waals surface area contributed by atoms with Gasteiger partial charge in [0.2, 0.25) is 10.0 Å². The van der Waals surface area contributed by atoms with Crippen molar-refractivity contribution in [1.29, 1.82) is 0 Å². The highest BCUT2D eigenvalue weighted by molar-refractivity contribution is 7.92. The highest BCUT2D eigenvalue weighted by atomic mass is 32.2. The van der Waals surface area contributed by atoms with Crippen LogP contribution in [0.4, 0.5) is 5.69 Å². The third-order valence-electron chi connectivity index (χ3n) is 3.14. The number of sulfonamides is 1. The number of rotatable bonds is 6. The van der Waals surface area contributed by atoms with Gasteiger partial charge in [0.15, 0.2) is 0 Å². The molecule has 0 amide bonds. The van der Waals surface area contributed by atoms with E-state index in [0.29, 0.717) is 11.5 Å². The predicted octanol–water partition coefficient (Wildman–Crippen LogP) is 2.72. The fourth-order valence-electron chi connectivity index (χ4n) is 2.09. The van der Waals surface area contributed by atoms with Gasteiger partial charge in [-0.25, -0.2) is 13.2 Å². The van der Waals surface area contributed by atoms with Crippen LogP contribution in [-0.2, 0) is 14.8 Å². The van der Waals surface area contributed by atoms with E-state index in [1.807, 2.05) is 18.2 Å². The Balaban J connectivity index is 2.27. The Morgan fingerprint density at radius 1 is 1.04 bits per heavy atom. The monoisotopic (exact) mass is 335 g/mol. The van der Waals surface area contributed by atoms with E-state index in [9.17, 15) is 13.2 Å². The second-order valence-electron chi connectivity index (χ2n) is 4.98. The summed E-state index contributed by atoms with van der Waals surface area (Å²) in [5.74, 6) is -0.0458. The van der Waals surface area contributed by atoms with Gasteiger partial charge in [-0.15, -0.1) is 0 Å². The molecule has 0 saturated carbocycles. The molecule has 1 atom stereocenters. The number of para-hydroxylation sites is 1. The Kier molecular flexibility index (Phi) is 4.90. The molecule has 2 rings (SSSR count). The Labute approximate surface area is 135 Å². The average Bonchev–Trinajstić information content (AvgIpc) is 2.49. The summed E-state index contributed by atoms with van der Waals surface area (Å²) < 4.78 is 30.3. The lowest BCUT2D eigenvalue weighted by Crippen LogP contribution is -2.42. The third-order valence-corrected chi connectivity index (χ3v) is 4.38. The molecular weight excluding hydrogens is 318 g/mol. The molecule has 122 valence electrons. The number of hydrogen-bond donors (Lipinski definition) is 1. The second kappa shape index (κ2) is 6.70. The minimum absolute atomic E-state index is 0.266. The van der Waals surface area contributed by atoms with Crippen LogP contribution in [0.3, 0.4) is 0 Å². The van der Waals surface area contributed by atoms with Crippen molar-refractivity contribution >= 4 is 21.7 Å². The van der Waals surface area contributed by atoms with Gasteiger partial charge < -0.3 is 9.84 Å². The Morgan fingerprint density at radius 2 is 1.57 bits per heavy atom. The van der Waals surface area contributed by atoms with Crippen LogP contribution in [0, 0.1) is 0 Å². The van der Waals surface area contributed by atoms with Crippen LogP contribution in [0.15, 0.2) is 54.6 Å². The van der Waals surface area contributed by atoms with Gasteiger partial charge in [0.25, 0.3) is 0 Å². The second-order valence-corrected chi connectivity index (χ2v) is 6.84. The van der Waals surface area contributed by atoms with Crippen molar-refractivity contribution in [1.82, 2.24) is 0 Å². The molecule has 0 aliphatic heterocycles. The first-order chi connectivity index (χ1) is 10.8. The summed E-state index contributed by atoms with van der Waals surface area (Å²) in [6.07, 6.45) is 0.973. The molecule has 0 fully saturated rings. The fraction of sp³-hybridized carbons (Fsp3) is 0.188. The zero-order valence-electron chi connectivity index (χ0n) is 12.7. The minimum atomic E-state index is -3.72. The lowest BCUT2D eigenvalue weighted by atomic mass is 10.2. The van der Waals surface area contributed by atoms with E-state index in [-0.39, 0.29) is 5.69 Å². The Morgan fingerprint density at radius 3 is 2.04 bits per heavy atom. The van der Waals surface area contributed by atoms with Gasteiger partial charge >= 0.3 is 5.97 Å². The molecule has 0 aliphatic rings. The maximum atomic E-state index is 11.9. The van der Waals surface area contributed by atoms with Gasteiger partial charge in [0.1, 0.15) is 17.5 Å². The van der Waals surface area contributed by atoms with Crippen molar-refractivity contribution in [2.75, 3.05) is 10.6 Å². The SMILES string of the molecule is CC(C(=O)O)N(c1ccc(Oc2ccccc2)cc1)S(C)(=O)=O. The zero-order valence-corrected chi connectivity index (χ0v) is 13.5. The van der Waals surface area contributed by atoms with Crippen LogP contribution in [0.25, 0.3) is 0 Å². The number of carboxylic acid groups (broad SMARTS) is 1. The molecule has 0 saturated heterocycles. The fourth-order valence-corrected chi connectivity index (χ4v) is 3.26. The largest absolute Gasteiger partial charge is 0.480 e. The molecule has 0 aliphatic carbocycles. The number of carbonyl (C=O) groups is 1. The van der Waals surface area contributed by atoms with Gasteiger partial charge in [-0.2, -0.15) is 0 Å². The molecule has 0 bridgehead atoms. The molecule has 23 heavy (non-hydrogen) atoms. The highest BCUT2D eigenvalue weighted by Gasteiger charge is 2.28. The van der Waals surface area contributed by atoms with Crippen LogP contribution < -0.4 is 9.04 Å². The van der Waals surface area contributed by atoms with Crippen molar-refractivity contribution < 1.29 is 23.1 Å². The van der Waals surface area contributed by atoms with E-state index in [1.54, 1.807) is 24.3 Å². The van der Waals surface area contributed by atoms with Crippen LogP contribution in [0.1, 0.15) is 6.92 Å². The number of anilines is 1. The first-order valence-electron chi connectivity index (χ1n) is 6.84. The highest BCUT2D eigenvalue weighted by Crippen LogP contribution is 2.26. The van der Waals surface area contributed by atoms with E-state index in [4.69, 9.17) is 9.84 Å². The van der Waals surface area contributed by atoms with E-state index in [2.05, 4.69) is 0 Å². The number of nitrogens with zero attached hydrogens (tertiary/aromatic N) is 1. The van der Waals surface area contributed by atoms with E-state index in [1.165, 1.54) is 19.1 Å². The summed E-state index contributed by atoms with van der Waals surface area (Å²) >= 11 is 0. The number of aliphatic carboxylic acids is 1. The smallest absolute Gasteiger partial charge is 0.327 e. The predicted molar refractivity (Wildman–Crippen MR) is 87.4 cm³/mol. The van der Waals surface area contributed by atoms with Crippen molar-refractivity contribution in [3.63, 3.8) is 0 Å². The molecule has 6 nitrogen and oxygen atoms in total. The topological polar surface area (TPSA) is 83.9 Å². The van der Waals surface area contributed by atoms with Crippen LogP contribution in [0.2, 0.25) is 0 Å². The third kappa shape index (κ3) is 4.23. The van der Waals surface area contributed by atoms with Gasteiger partial charge in [0, 0.05) is 0 Å². The maximum absolute atomic E-state index is 11.9. The zero-order chi connectivity index (χ0) is 17.0. The number of carboxylic acids is 1. The summed E-state index contributed by atoms with van der Waals surface area (Å²) in [5, 5.41) is 9.10. The molecule has 0 aromatic heterocycles. The van der Waals surface area contributed by atoms with Gasteiger partial charge in [-0.05, 0) is 43.3 Å². The van der Waals surface area contributed by atoms with Crippen LogP contribution in [0.5, 0.6) is 11.5 Å². The average molecular weight is 335 g/mol. The molecule has 1 unspecified atom stereocenters.